The van der Waals surface area contributed by atoms with Gasteiger partial charge in [-0.1, -0.05) is 18.2 Å². The highest BCUT2D eigenvalue weighted by molar-refractivity contribution is 6.28. The molecule has 0 aliphatic carbocycles. The second-order valence-corrected chi connectivity index (χ2v) is 3.62. The first-order chi connectivity index (χ1) is 8.22. The molecule has 0 atom stereocenters. The first-order valence-corrected chi connectivity index (χ1v) is 5.25. The molecular weight excluding hydrogens is 240 g/mol. The summed E-state index contributed by atoms with van der Waals surface area (Å²) in [5, 5.41) is 0.171. The number of carbonyl (C=O) groups is 1. The van der Waals surface area contributed by atoms with Gasteiger partial charge < -0.3 is 4.74 Å². The van der Waals surface area contributed by atoms with Gasteiger partial charge >= 0.3 is 5.97 Å². The SMILES string of the molecule is COC(=O)c1ccccc1-c1cnc(Cl)nc1. The van der Waals surface area contributed by atoms with Crippen molar-refractivity contribution in [1.82, 2.24) is 9.97 Å². The zero-order valence-electron chi connectivity index (χ0n) is 9.05. The Morgan fingerprint density at radius 2 is 1.88 bits per heavy atom. The number of rotatable bonds is 2. The second kappa shape index (κ2) is 4.93. The summed E-state index contributed by atoms with van der Waals surface area (Å²) in [7, 11) is 1.34. The van der Waals surface area contributed by atoms with Crippen LogP contribution in [0.1, 0.15) is 10.4 Å². The third-order valence-corrected chi connectivity index (χ3v) is 2.46. The predicted octanol–water partition coefficient (Wildman–Crippen LogP) is 2.58. The minimum absolute atomic E-state index is 0.171. The number of benzene rings is 1. The minimum Gasteiger partial charge on any atom is -0.465 e. The van der Waals surface area contributed by atoms with Gasteiger partial charge in [-0.25, -0.2) is 14.8 Å². The molecule has 0 amide bonds. The summed E-state index contributed by atoms with van der Waals surface area (Å²) in [6, 6.07) is 7.09. The van der Waals surface area contributed by atoms with Gasteiger partial charge in [0, 0.05) is 18.0 Å². The average Bonchev–Trinajstić information content (AvgIpc) is 2.39. The molecule has 0 spiro atoms. The van der Waals surface area contributed by atoms with Crippen molar-refractivity contribution in [2.75, 3.05) is 7.11 Å². The molecule has 5 heteroatoms. The van der Waals surface area contributed by atoms with Gasteiger partial charge in [0.05, 0.1) is 12.7 Å². The Kier molecular flexibility index (Phi) is 3.35. The number of methoxy groups -OCH3 is 1. The quantitative estimate of drug-likeness (QED) is 0.606. The Hall–Kier alpha value is -1.94. The number of hydrogen-bond acceptors (Lipinski definition) is 4. The number of hydrogen-bond donors (Lipinski definition) is 0. The molecule has 0 unspecified atom stereocenters. The van der Waals surface area contributed by atoms with Crippen molar-refractivity contribution in [2.24, 2.45) is 0 Å². The van der Waals surface area contributed by atoms with Crippen LogP contribution in [0.2, 0.25) is 5.28 Å². The molecule has 1 aromatic carbocycles. The van der Waals surface area contributed by atoms with Crippen LogP contribution in [0.25, 0.3) is 11.1 Å². The molecule has 0 aliphatic heterocycles. The summed E-state index contributed by atoms with van der Waals surface area (Å²) in [6.07, 6.45) is 3.13. The van der Waals surface area contributed by atoms with Crippen LogP contribution in [0.3, 0.4) is 0 Å². The van der Waals surface area contributed by atoms with Gasteiger partial charge in [-0.2, -0.15) is 0 Å². The van der Waals surface area contributed by atoms with Gasteiger partial charge in [-0.15, -0.1) is 0 Å². The molecule has 0 saturated heterocycles. The minimum atomic E-state index is -0.393. The highest BCUT2D eigenvalue weighted by atomic mass is 35.5. The number of nitrogens with zero attached hydrogens (tertiary/aromatic N) is 2. The van der Waals surface area contributed by atoms with Crippen molar-refractivity contribution in [3.63, 3.8) is 0 Å². The van der Waals surface area contributed by atoms with Crippen LogP contribution in [0, 0.1) is 0 Å². The van der Waals surface area contributed by atoms with E-state index in [-0.39, 0.29) is 5.28 Å². The van der Waals surface area contributed by atoms with Crippen molar-refractivity contribution >= 4 is 17.6 Å². The van der Waals surface area contributed by atoms with E-state index in [1.807, 2.05) is 6.07 Å². The summed E-state index contributed by atoms with van der Waals surface area (Å²) < 4.78 is 4.72. The maximum atomic E-state index is 11.6. The molecule has 2 aromatic rings. The smallest absolute Gasteiger partial charge is 0.338 e. The van der Waals surface area contributed by atoms with Crippen LogP contribution in [0.15, 0.2) is 36.7 Å². The van der Waals surface area contributed by atoms with Gasteiger partial charge in [0.25, 0.3) is 0 Å². The van der Waals surface area contributed by atoms with E-state index in [2.05, 4.69) is 9.97 Å². The molecule has 2 rings (SSSR count). The molecule has 0 saturated carbocycles. The molecule has 0 aliphatic rings. The van der Waals surface area contributed by atoms with E-state index < -0.39 is 5.97 Å². The van der Waals surface area contributed by atoms with Gasteiger partial charge in [0.15, 0.2) is 0 Å². The van der Waals surface area contributed by atoms with Gasteiger partial charge in [-0.3, -0.25) is 0 Å². The fraction of sp³-hybridized carbons (Fsp3) is 0.0833. The lowest BCUT2D eigenvalue weighted by Crippen LogP contribution is -2.03. The summed E-state index contributed by atoms with van der Waals surface area (Å²) in [5.74, 6) is -0.393. The number of esters is 1. The maximum Gasteiger partial charge on any atom is 0.338 e. The fourth-order valence-corrected chi connectivity index (χ4v) is 1.57. The summed E-state index contributed by atoms with van der Waals surface area (Å²) in [4.78, 5) is 19.4. The number of carbonyl (C=O) groups excluding carboxylic acids is 1. The summed E-state index contributed by atoms with van der Waals surface area (Å²) >= 11 is 5.61. The monoisotopic (exact) mass is 248 g/mol. The van der Waals surface area contributed by atoms with Crippen molar-refractivity contribution < 1.29 is 9.53 Å². The first-order valence-electron chi connectivity index (χ1n) is 4.87. The van der Waals surface area contributed by atoms with Crippen molar-refractivity contribution in [3.05, 3.63) is 47.5 Å². The third-order valence-electron chi connectivity index (χ3n) is 2.26. The van der Waals surface area contributed by atoms with E-state index >= 15 is 0 Å². The van der Waals surface area contributed by atoms with Crippen LogP contribution in [-0.4, -0.2) is 23.0 Å². The van der Waals surface area contributed by atoms with Gasteiger partial charge in [-0.05, 0) is 23.2 Å². The molecule has 0 N–H and O–H groups in total. The molecule has 86 valence electrons. The molecule has 1 heterocycles. The van der Waals surface area contributed by atoms with Crippen LogP contribution in [-0.2, 0) is 4.74 Å². The van der Waals surface area contributed by atoms with Crippen molar-refractivity contribution in [3.8, 4) is 11.1 Å². The standard InChI is InChI=1S/C12H9ClN2O2/c1-17-11(16)10-5-3-2-4-9(10)8-6-14-12(13)15-7-8/h2-7H,1H3. The topological polar surface area (TPSA) is 52.1 Å². The molecule has 17 heavy (non-hydrogen) atoms. The van der Waals surface area contributed by atoms with Crippen molar-refractivity contribution in [1.29, 1.82) is 0 Å². The zero-order chi connectivity index (χ0) is 12.3. The molecule has 0 fully saturated rings. The number of ether oxygens (including phenoxy) is 1. The van der Waals surface area contributed by atoms with E-state index in [9.17, 15) is 4.79 Å². The normalized spacial score (nSPS) is 10.0. The molecule has 0 bridgehead atoms. The van der Waals surface area contributed by atoms with E-state index in [1.165, 1.54) is 7.11 Å². The van der Waals surface area contributed by atoms with Crippen LogP contribution in [0.4, 0.5) is 0 Å². The van der Waals surface area contributed by atoms with E-state index in [0.29, 0.717) is 5.56 Å². The third kappa shape index (κ3) is 2.42. The Balaban J connectivity index is 2.51. The second-order valence-electron chi connectivity index (χ2n) is 3.28. The molecular formula is C12H9ClN2O2. The van der Waals surface area contributed by atoms with Crippen LogP contribution in [0.5, 0.6) is 0 Å². The highest BCUT2D eigenvalue weighted by Crippen LogP contribution is 2.23. The van der Waals surface area contributed by atoms with Crippen molar-refractivity contribution in [2.45, 2.75) is 0 Å². The molecule has 0 radical (unpaired) electrons. The van der Waals surface area contributed by atoms with E-state index in [0.717, 1.165) is 11.1 Å². The number of halogens is 1. The number of aromatic nitrogens is 2. The molecule has 1 aromatic heterocycles. The Morgan fingerprint density at radius 3 is 2.53 bits per heavy atom. The lowest BCUT2D eigenvalue weighted by Gasteiger charge is -2.06. The van der Waals surface area contributed by atoms with Crippen LogP contribution >= 0.6 is 11.6 Å². The average molecular weight is 249 g/mol. The zero-order valence-corrected chi connectivity index (χ0v) is 9.81. The first kappa shape index (κ1) is 11.5. The van der Waals surface area contributed by atoms with Crippen LogP contribution < -0.4 is 0 Å². The largest absolute Gasteiger partial charge is 0.465 e. The summed E-state index contributed by atoms with van der Waals surface area (Å²) in [6.45, 7) is 0. The molecule has 4 nitrogen and oxygen atoms in total. The highest BCUT2D eigenvalue weighted by Gasteiger charge is 2.12. The Bertz CT molecular complexity index is 540. The maximum absolute atomic E-state index is 11.6. The lowest BCUT2D eigenvalue weighted by molar-refractivity contribution is 0.0601. The lowest BCUT2D eigenvalue weighted by atomic mass is 10.0. The summed E-state index contributed by atoms with van der Waals surface area (Å²) in [5.41, 5.74) is 1.91. The Morgan fingerprint density at radius 1 is 1.24 bits per heavy atom. The van der Waals surface area contributed by atoms with Gasteiger partial charge in [0.2, 0.25) is 5.28 Å². The Labute approximate surface area is 103 Å². The van der Waals surface area contributed by atoms with Gasteiger partial charge in [0.1, 0.15) is 0 Å². The fourth-order valence-electron chi connectivity index (χ4n) is 1.47. The van der Waals surface area contributed by atoms with E-state index in [1.54, 1.807) is 30.6 Å². The predicted molar refractivity (Wildman–Crippen MR) is 63.8 cm³/mol. The van der Waals surface area contributed by atoms with E-state index in [4.69, 9.17) is 16.3 Å².